The molecular formula is C20H23N3O3. The highest BCUT2D eigenvalue weighted by molar-refractivity contribution is 5.92. The first kappa shape index (κ1) is 16.8. The summed E-state index contributed by atoms with van der Waals surface area (Å²) >= 11 is 0. The number of rotatable bonds is 3. The fourth-order valence-electron chi connectivity index (χ4n) is 4.70. The molecule has 1 aromatic heterocycles. The molecule has 1 aliphatic carbocycles. The summed E-state index contributed by atoms with van der Waals surface area (Å²) in [7, 11) is 1.78. The summed E-state index contributed by atoms with van der Waals surface area (Å²) in [4.78, 5) is 30.8. The summed E-state index contributed by atoms with van der Waals surface area (Å²) in [5.41, 5.74) is 0.437. The maximum atomic E-state index is 12.8. The third-order valence-corrected chi connectivity index (χ3v) is 6.20. The number of nitrogens with zero attached hydrogens (tertiary/aromatic N) is 3. The van der Waals surface area contributed by atoms with E-state index in [1.807, 2.05) is 18.2 Å². The van der Waals surface area contributed by atoms with Gasteiger partial charge in [-0.25, -0.2) is 4.98 Å². The number of carbonyl (C=O) groups excluding carboxylic acids is 1. The molecule has 26 heavy (non-hydrogen) atoms. The van der Waals surface area contributed by atoms with Gasteiger partial charge in [0.05, 0.1) is 5.41 Å². The number of hydrogen-bond donors (Lipinski definition) is 1. The number of aliphatic carboxylic acids is 1. The maximum absolute atomic E-state index is 12.8. The van der Waals surface area contributed by atoms with Crippen LogP contribution in [-0.4, -0.2) is 44.5 Å². The monoisotopic (exact) mass is 353 g/mol. The number of aromatic nitrogens is 2. The van der Waals surface area contributed by atoms with Crippen molar-refractivity contribution < 1.29 is 14.7 Å². The minimum Gasteiger partial charge on any atom is -0.481 e. The Morgan fingerprint density at radius 1 is 1.27 bits per heavy atom. The van der Waals surface area contributed by atoms with Gasteiger partial charge < -0.3 is 14.6 Å². The Bertz CT molecular complexity index is 832. The molecule has 1 saturated carbocycles. The van der Waals surface area contributed by atoms with Gasteiger partial charge in [-0.3, -0.25) is 9.59 Å². The highest BCUT2D eigenvalue weighted by atomic mass is 16.4. The Morgan fingerprint density at radius 2 is 2.04 bits per heavy atom. The van der Waals surface area contributed by atoms with Crippen LogP contribution in [0.5, 0.6) is 0 Å². The van der Waals surface area contributed by atoms with Crippen LogP contribution in [-0.2, 0) is 11.8 Å². The Hall–Kier alpha value is -2.63. The van der Waals surface area contributed by atoms with Crippen LogP contribution < -0.4 is 0 Å². The molecule has 6 nitrogen and oxygen atoms in total. The van der Waals surface area contributed by atoms with E-state index in [4.69, 9.17) is 0 Å². The minimum absolute atomic E-state index is 0.0248. The SMILES string of the molecule is Cn1ccnc1C(=O)N1C[C@@H]2C[C@@H](c3ccccc3)CC[C@]2(C(=O)O)C1. The standard InChI is InChI=1S/C20H23N3O3/c1-22-10-9-21-17(22)18(24)23-12-16-11-15(14-5-3-2-4-6-14)7-8-20(16,13-23)19(25)26/h2-6,9-10,15-16H,7-8,11-13H2,1H3,(H,25,26)/t15-,16-,20-/m0/s1. The predicted octanol–water partition coefficient (Wildman–Crippen LogP) is 2.53. The summed E-state index contributed by atoms with van der Waals surface area (Å²) in [6.45, 7) is 0.765. The predicted molar refractivity (Wildman–Crippen MR) is 95.7 cm³/mol. The summed E-state index contributed by atoms with van der Waals surface area (Å²) in [6, 6.07) is 10.3. The summed E-state index contributed by atoms with van der Waals surface area (Å²) in [6.07, 6.45) is 5.58. The molecule has 2 heterocycles. The van der Waals surface area contributed by atoms with Gasteiger partial charge in [0.25, 0.3) is 5.91 Å². The zero-order chi connectivity index (χ0) is 18.3. The average Bonchev–Trinajstić information content (AvgIpc) is 3.25. The van der Waals surface area contributed by atoms with Crippen molar-refractivity contribution >= 4 is 11.9 Å². The minimum atomic E-state index is -0.827. The van der Waals surface area contributed by atoms with Crippen LogP contribution in [0.4, 0.5) is 0 Å². The molecule has 3 atom stereocenters. The second-order valence-corrected chi connectivity index (χ2v) is 7.59. The lowest BCUT2D eigenvalue weighted by Gasteiger charge is -2.38. The molecule has 6 heteroatoms. The number of carboxylic acids is 1. The molecule has 136 valence electrons. The highest BCUT2D eigenvalue weighted by Gasteiger charge is 2.56. The van der Waals surface area contributed by atoms with Gasteiger partial charge >= 0.3 is 5.97 Å². The van der Waals surface area contributed by atoms with Crippen molar-refractivity contribution in [2.75, 3.05) is 13.1 Å². The lowest BCUT2D eigenvalue weighted by molar-refractivity contribution is -0.152. The number of amides is 1. The topological polar surface area (TPSA) is 75.4 Å². The summed E-state index contributed by atoms with van der Waals surface area (Å²) < 4.78 is 1.69. The van der Waals surface area contributed by atoms with Crippen LogP contribution >= 0.6 is 0 Å². The number of benzene rings is 1. The van der Waals surface area contributed by atoms with Gasteiger partial charge in [-0.05, 0) is 36.7 Å². The van der Waals surface area contributed by atoms with Gasteiger partial charge in [-0.2, -0.15) is 0 Å². The van der Waals surface area contributed by atoms with Crippen LogP contribution in [0.2, 0.25) is 0 Å². The molecule has 0 spiro atoms. The van der Waals surface area contributed by atoms with E-state index in [0.29, 0.717) is 24.7 Å². The van der Waals surface area contributed by atoms with E-state index in [1.54, 1.807) is 28.9 Å². The van der Waals surface area contributed by atoms with Gasteiger partial charge in [0.2, 0.25) is 0 Å². The molecule has 2 fully saturated rings. The zero-order valence-corrected chi connectivity index (χ0v) is 14.8. The third-order valence-electron chi connectivity index (χ3n) is 6.20. The van der Waals surface area contributed by atoms with Crippen molar-refractivity contribution in [3.63, 3.8) is 0 Å². The molecule has 0 unspecified atom stereocenters. The fourth-order valence-corrected chi connectivity index (χ4v) is 4.70. The Balaban J connectivity index is 1.59. The first-order valence-corrected chi connectivity index (χ1v) is 9.06. The smallest absolute Gasteiger partial charge is 0.311 e. The Kier molecular flexibility index (Phi) is 4.05. The number of aryl methyl sites for hydroxylation is 1. The number of imidazole rings is 1. The fraction of sp³-hybridized carbons (Fsp3) is 0.450. The third kappa shape index (κ3) is 2.60. The zero-order valence-electron chi connectivity index (χ0n) is 14.8. The molecule has 2 aliphatic rings. The molecule has 1 saturated heterocycles. The number of fused-ring (bicyclic) bond motifs is 1. The highest BCUT2D eigenvalue weighted by Crippen LogP contribution is 2.51. The van der Waals surface area contributed by atoms with E-state index >= 15 is 0 Å². The van der Waals surface area contributed by atoms with E-state index in [9.17, 15) is 14.7 Å². The number of carboxylic acid groups (broad SMARTS) is 1. The maximum Gasteiger partial charge on any atom is 0.311 e. The first-order chi connectivity index (χ1) is 12.5. The van der Waals surface area contributed by atoms with Gasteiger partial charge in [-0.1, -0.05) is 30.3 Å². The van der Waals surface area contributed by atoms with Crippen LogP contribution in [0, 0.1) is 11.3 Å². The molecule has 1 aromatic carbocycles. The van der Waals surface area contributed by atoms with Crippen molar-refractivity contribution in [3.05, 3.63) is 54.1 Å². The molecule has 1 amide bonds. The van der Waals surface area contributed by atoms with Gasteiger partial charge in [0.15, 0.2) is 5.82 Å². The second kappa shape index (κ2) is 6.27. The van der Waals surface area contributed by atoms with Gasteiger partial charge in [0.1, 0.15) is 0 Å². The van der Waals surface area contributed by atoms with Crippen molar-refractivity contribution in [1.82, 2.24) is 14.5 Å². The van der Waals surface area contributed by atoms with Crippen LogP contribution in [0.25, 0.3) is 0 Å². The van der Waals surface area contributed by atoms with Crippen molar-refractivity contribution in [3.8, 4) is 0 Å². The van der Waals surface area contributed by atoms with E-state index in [0.717, 1.165) is 12.8 Å². The largest absolute Gasteiger partial charge is 0.481 e. The first-order valence-electron chi connectivity index (χ1n) is 9.06. The lowest BCUT2D eigenvalue weighted by Crippen LogP contribution is -2.43. The van der Waals surface area contributed by atoms with Crippen molar-refractivity contribution in [2.45, 2.75) is 25.2 Å². The summed E-state index contributed by atoms with van der Waals surface area (Å²) in [5.74, 6) is -0.253. The average molecular weight is 353 g/mol. The van der Waals surface area contributed by atoms with E-state index in [2.05, 4.69) is 17.1 Å². The van der Waals surface area contributed by atoms with Crippen LogP contribution in [0.1, 0.15) is 41.4 Å². The summed E-state index contributed by atoms with van der Waals surface area (Å²) in [5, 5.41) is 9.98. The number of hydrogen-bond acceptors (Lipinski definition) is 3. The molecule has 0 bridgehead atoms. The van der Waals surface area contributed by atoms with Crippen molar-refractivity contribution in [1.29, 1.82) is 0 Å². The Labute approximate surface area is 152 Å². The molecule has 1 aliphatic heterocycles. The number of carbonyl (C=O) groups is 2. The van der Waals surface area contributed by atoms with Crippen LogP contribution in [0.3, 0.4) is 0 Å². The Morgan fingerprint density at radius 3 is 2.69 bits per heavy atom. The second-order valence-electron chi connectivity index (χ2n) is 7.59. The quantitative estimate of drug-likeness (QED) is 0.920. The van der Waals surface area contributed by atoms with E-state index < -0.39 is 11.4 Å². The van der Waals surface area contributed by atoms with E-state index in [-0.39, 0.29) is 18.4 Å². The van der Waals surface area contributed by atoms with Crippen LogP contribution in [0.15, 0.2) is 42.7 Å². The number of likely N-dealkylation sites (tertiary alicyclic amines) is 1. The molecule has 1 N–H and O–H groups in total. The normalized spacial score (nSPS) is 28.0. The molecule has 0 radical (unpaired) electrons. The molecule has 2 aromatic rings. The van der Waals surface area contributed by atoms with Crippen molar-refractivity contribution in [2.24, 2.45) is 18.4 Å². The molecule has 4 rings (SSSR count). The van der Waals surface area contributed by atoms with Gasteiger partial charge in [0, 0.05) is 32.5 Å². The molecular weight excluding hydrogens is 330 g/mol. The van der Waals surface area contributed by atoms with E-state index in [1.165, 1.54) is 5.56 Å². The van der Waals surface area contributed by atoms with Gasteiger partial charge in [-0.15, -0.1) is 0 Å². The lowest BCUT2D eigenvalue weighted by atomic mass is 9.64.